The van der Waals surface area contributed by atoms with Crippen molar-refractivity contribution in [3.8, 4) is 0 Å². The summed E-state index contributed by atoms with van der Waals surface area (Å²) in [4.78, 5) is 0. The standard InChI is InChI=1S/C9H9BrN2O/c1-5-9-6(4-11)7(10)2-3-8(9)13-12-5/h2-3H,4,11H2,1H3. The van der Waals surface area contributed by atoms with Gasteiger partial charge in [0.1, 0.15) is 0 Å². The van der Waals surface area contributed by atoms with Crippen LogP contribution in [0.2, 0.25) is 0 Å². The first-order valence-electron chi connectivity index (χ1n) is 3.97. The summed E-state index contributed by atoms with van der Waals surface area (Å²) in [6.07, 6.45) is 0. The average Bonchev–Trinajstić information content (AvgIpc) is 2.49. The van der Waals surface area contributed by atoms with Gasteiger partial charge in [0.2, 0.25) is 0 Å². The fourth-order valence-electron chi connectivity index (χ4n) is 1.44. The predicted octanol–water partition coefficient (Wildman–Crippen LogP) is 2.36. The van der Waals surface area contributed by atoms with Crippen LogP contribution in [0.25, 0.3) is 11.0 Å². The van der Waals surface area contributed by atoms with Gasteiger partial charge in [0, 0.05) is 11.0 Å². The second kappa shape index (κ2) is 3.12. The number of nitrogens with two attached hydrogens (primary N) is 1. The summed E-state index contributed by atoms with van der Waals surface area (Å²) in [6.45, 7) is 2.40. The molecular weight excluding hydrogens is 232 g/mol. The Morgan fingerprint density at radius 2 is 2.31 bits per heavy atom. The lowest BCUT2D eigenvalue weighted by Crippen LogP contribution is -1.98. The van der Waals surface area contributed by atoms with Gasteiger partial charge < -0.3 is 10.3 Å². The number of hydrogen-bond donors (Lipinski definition) is 1. The summed E-state index contributed by atoms with van der Waals surface area (Å²) in [5.74, 6) is 0. The predicted molar refractivity (Wildman–Crippen MR) is 54.3 cm³/mol. The number of aryl methyl sites for hydroxylation is 1. The first kappa shape index (κ1) is 8.72. The molecule has 0 spiro atoms. The molecule has 0 aliphatic heterocycles. The molecule has 1 heterocycles. The van der Waals surface area contributed by atoms with Gasteiger partial charge >= 0.3 is 0 Å². The number of nitrogens with zero attached hydrogens (tertiary/aromatic N) is 1. The highest BCUT2D eigenvalue weighted by molar-refractivity contribution is 9.10. The molecule has 3 nitrogen and oxygen atoms in total. The number of rotatable bonds is 1. The molecule has 1 aromatic carbocycles. The highest BCUT2D eigenvalue weighted by Crippen LogP contribution is 2.28. The van der Waals surface area contributed by atoms with E-state index in [1.54, 1.807) is 0 Å². The monoisotopic (exact) mass is 240 g/mol. The van der Waals surface area contributed by atoms with Crippen LogP contribution in [0.4, 0.5) is 0 Å². The summed E-state index contributed by atoms with van der Waals surface area (Å²) < 4.78 is 6.13. The molecule has 4 heteroatoms. The maximum atomic E-state index is 5.65. The molecule has 2 N–H and O–H groups in total. The molecule has 0 radical (unpaired) electrons. The van der Waals surface area contributed by atoms with Crippen LogP contribution < -0.4 is 5.73 Å². The third-order valence-electron chi connectivity index (χ3n) is 2.06. The average molecular weight is 241 g/mol. The molecule has 2 aromatic rings. The zero-order chi connectivity index (χ0) is 9.42. The number of fused-ring (bicyclic) bond motifs is 1. The lowest BCUT2D eigenvalue weighted by atomic mass is 10.1. The van der Waals surface area contributed by atoms with Crippen LogP contribution in [-0.4, -0.2) is 5.16 Å². The molecule has 0 amide bonds. The first-order valence-corrected chi connectivity index (χ1v) is 4.76. The second-order valence-electron chi connectivity index (χ2n) is 2.87. The van der Waals surface area contributed by atoms with Gasteiger partial charge in [-0.3, -0.25) is 0 Å². The van der Waals surface area contributed by atoms with Crippen molar-refractivity contribution < 1.29 is 4.52 Å². The Labute approximate surface area is 84.0 Å². The lowest BCUT2D eigenvalue weighted by molar-refractivity contribution is 0.450. The minimum absolute atomic E-state index is 0.486. The number of benzene rings is 1. The summed E-state index contributed by atoms with van der Waals surface area (Å²) >= 11 is 3.45. The van der Waals surface area contributed by atoms with Crippen LogP contribution in [0.3, 0.4) is 0 Å². The van der Waals surface area contributed by atoms with Crippen LogP contribution >= 0.6 is 15.9 Å². The van der Waals surface area contributed by atoms with Crippen LogP contribution in [-0.2, 0) is 6.54 Å². The van der Waals surface area contributed by atoms with Crippen molar-refractivity contribution in [3.63, 3.8) is 0 Å². The van der Waals surface area contributed by atoms with Gasteiger partial charge in [-0.2, -0.15) is 0 Å². The summed E-state index contributed by atoms with van der Waals surface area (Å²) in [6, 6.07) is 3.81. The maximum absolute atomic E-state index is 5.65. The Bertz CT molecular complexity index is 450. The molecule has 0 aliphatic rings. The van der Waals surface area contributed by atoms with Gasteiger partial charge in [-0.1, -0.05) is 21.1 Å². The number of hydrogen-bond acceptors (Lipinski definition) is 3. The molecule has 2 rings (SSSR count). The molecule has 0 aliphatic carbocycles. The Morgan fingerprint density at radius 3 is 3.00 bits per heavy atom. The molecule has 1 aromatic heterocycles. The Hall–Kier alpha value is -0.870. The van der Waals surface area contributed by atoms with E-state index in [0.29, 0.717) is 6.54 Å². The van der Waals surface area contributed by atoms with E-state index in [1.165, 1.54) is 0 Å². The Balaban J connectivity index is 2.88. The van der Waals surface area contributed by atoms with Crippen molar-refractivity contribution in [2.45, 2.75) is 13.5 Å². The molecule has 0 saturated carbocycles. The highest BCUT2D eigenvalue weighted by Gasteiger charge is 2.10. The van der Waals surface area contributed by atoms with Crippen molar-refractivity contribution in [2.24, 2.45) is 5.73 Å². The normalized spacial score (nSPS) is 11.0. The SMILES string of the molecule is Cc1noc2ccc(Br)c(CN)c12. The zero-order valence-electron chi connectivity index (χ0n) is 7.17. The Morgan fingerprint density at radius 1 is 1.54 bits per heavy atom. The molecule has 68 valence electrons. The highest BCUT2D eigenvalue weighted by atomic mass is 79.9. The summed E-state index contributed by atoms with van der Waals surface area (Å²) in [7, 11) is 0. The van der Waals surface area contributed by atoms with Crippen LogP contribution in [0.15, 0.2) is 21.1 Å². The third kappa shape index (κ3) is 1.26. The zero-order valence-corrected chi connectivity index (χ0v) is 8.76. The molecule has 0 fully saturated rings. The van der Waals surface area contributed by atoms with Gasteiger partial charge in [0.05, 0.1) is 11.1 Å². The molecular formula is C9H9BrN2O. The lowest BCUT2D eigenvalue weighted by Gasteiger charge is -2.01. The van der Waals surface area contributed by atoms with Crippen molar-refractivity contribution in [2.75, 3.05) is 0 Å². The topological polar surface area (TPSA) is 52.0 Å². The number of aromatic nitrogens is 1. The third-order valence-corrected chi connectivity index (χ3v) is 2.81. The minimum Gasteiger partial charge on any atom is -0.356 e. The van der Waals surface area contributed by atoms with E-state index in [9.17, 15) is 0 Å². The molecule has 0 unspecified atom stereocenters. The van der Waals surface area contributed by atoms with E-state index in [2.05, 4.69) is 21.1 Å². The van der Waals surface area contributed by atoms with Crippen molar-refractivity contribution >= 4 is 26.9 Å². The Kier molecular flexibility index (Phi) is 2.09. The van der Waals surface area contributed by atoms with E-state index in [0.717, 1.165) is 26.7 Å². The molecule has 0 saturated heterocycles. The van der Waals surface area contributed by atoms with E-state index < -0.39 is 0 Å². The molecule has 0 bridgehead atoms. The van der Waals surface area contributed by atoms with Crippen molar-refractivity contribution in [3.05, 3.63) is 27.9 Å². The van der Waals surface area contributed by atoms with Crippen molar-refractivity contribution in [1.82, 2.24) is 5.16 Å². The van der Waals surface area contributed by atoms with Gasteiger partial charge in [-0.15, -0.1) is 0 Å². The van der Waals surface area contributed by atoms with Crippen LogP contribution in [0.5, 0.6) is 0 Å². The minimum atomic E-state index is 0.486. The second-order valence-corrected chi connectivity index (χ2v) is 3.73. The smallest absolute Gasteiger partial charge is 0.167 e. The summed E-state index contributed by atoms with van der Waals surface area (Å²) in [5, 5.41) is 4.92. The van der Waals surface area contributed by atoms with E-state index in [1.807, 2.05) is 19.1 Å². The van der Waals surface area contributed by atoms with Crippen molar-refractivity contribution in [1.29, 1.82) is 0 Å². The van der Waals surface area contributed by atoms with Gasteiger partial charge in [0.25, 0.3) is 0 Å². The van der Waals surface area contributed by atoms with Crippen LogP contribution in [0.1, 0.15) is 11.3 Å². The van der Waals surface area contributed by atoms with E-state index in [4.69, 9.17) is 10.3 Å². The fraction of sp³-hybridized carbons (Fsp3) is 0.222. The van der Waals surface area contributed by atoms with E-state index in [-0.39, 0.29) is 0 Å². The first-order chi connectivity index (χ1) is 6.24. The van der Waals surface area contributed by atoms with Gasteiger partial charge in [-0.05, 0) is 24.6 Å². The van der Waals surface area contributed by atoms with E-state index >= 15 is 0 Å². The van der Waals surface area contributed by atoms with Crippen LogP contribution in [0, 0.1) is 6.92 Å². The van der Waals surface area contributed by atoms with Gasteiger partial charge in [-0.25, -0.2) is 0 Å². The molecule has 13 heavy (non-hydrogen) atoms. The fourth-order valence-corrected chi connectivity index (χ4v) is 1.93. The maximum Gasteiger partial charge on any atom is 0.167 e. The number of halogens is 1. The summed E-state index contributed by atoms with van der Waals surface area (Å²) in [5.41, 5.74) is 8.38. The quantitative estimate of drug-likeness (QED) is 0.833. The largest absolute Gasteiger partial charge is 0.356 e. The van der Waals surface area contributed by atoms with Gasteiger partial charge in [0.15, 0.2) is 5.58 Å². The molecule has 0 atom stereocenters.